The highest BCUT2D eigenvalue weighted by molar-refractivity contribution is 7.50. The van der Waals surface area contributed by atoms with Gasteiger partial charge in [0.05, 0.1) is 35.3 Å². The number of esters is 3. The quantitative estimate of drug-likeness (QED) is 0.141. The van der Waals surface area contributed by atoms with Crippen molar-refractivity contribution in [3.05, 3.63) is 30.1 Å². The monoisotopic (exact) mass is 665 g/mol. The molecule has 6 atom stereocenters. The second-order valence-corrected chi connectivity index (χ2v) is 13.5. The van der Waals surface area contributed by atoms with E-state index in [0.717, 1.165) is 12.8 Å². The van der Waals surface area contributed by atoms with Gasteiger partial charge in [0, 0.05) is 6.20 Å². The van der Waals surface area contributed by atoms with Gasteiger partial charge in [-0.25, -0.2) is 14.2 Å². The van der Waals surface area contributed by atoms with E-state index in [4.69, 9.17) is 29.2 Å². The Hall–Kier alpha value is -3.54. The Morgan fingerprint density at radius 1 is 1.11 bits per heavy atom. The number of nitrogens with one attached hydrogen (secondary N) is 1. The minimum absolute atomic E-state index is 0.142. The Morgan fingerprint density at radius 2 is 1.74 bits per heavy atom. The van der Waals surface area contributed by atoms with Gasteiger partial charge in [-0.1, -0.05) is 54.4 Å². The first-order valence-corrected chi connectivity index (χ1v) is 16.8. The summed E-state index contributed by atoms with van der Waals surface area (Å²) in [4.78, 5) is 49.0. The SMILES string of the molecule is CCC(CC)COC(=O)[C@H](C)NP(=O)(O)OC[C@@]1(C#N)O[C@@H](c2ccc3c(N)ccnn23)[C@H](OC(=O)C(C)C)[C@@H]1OC(=O)C(C)C. The Kier molecular flexibility index (Phi) is 12.3. The van der Waals surface area contributed by atoms with Crippen LogP contribution in [0.3, 0.4) is 0 Å². The predicted molar refractivity (Wildman–Crippen MR) is 165 cm³/mol. The molecule has 1 saturated heterocycles. The van der Waals surface area contributed by atoms with E-state index < -0.39 is 74.1 Å². The summed E-state index contributed by atoms with van der Waals surface area (Å²) in [5, 5.41) is 17.0. The molecule has 46 heavy (non-hydrogen) atoms. The van der Waals surface area contributed by atoms with Gasteiger partial charge in [-0.05, 0) is 31.0 Å². The molecule has 2 aromatic heterocycles. The number of hydrogen-bond acceptors (Lipinski definition) is 12. The smallest absolute Gasteiger partial charge is 0.403 e. The molecule has 1 unspecified atom stereocenters. The Labute approximate surface area is 268 Å². The third-order valence-corrected chi connectivity index (χ3v) is 8.90. The zero-order chi connectivity index (χ0) is 34.4. The van der Waals surface area contributed by atoms with Gasteiger partial charge in [-0.3, -0.25) is 18.9 Å². The van der Waals surface area contributed by atoms with Crippen molar-refractivity contribution in [2.75, 3.05) is 18.9 Å². The number of nitrogens with zero attached hydrogens (tertiary/aromatic N) is 3. The third-order valence-electron chi connectivity index (χ3n) is 7.71. The van der Waals surface area contributed by atoms with Gasteiger partial charge in [-0.15, -0.1) is 0 Å². The van der Waals surface area contributed by atoms with Crippen molar-refractivity contribution in [2.45, 2.75) is 91.3 Å². The van der Waals surface area contributed by atoms with Gasteiger partial charge in [0.15, 0.2) is 12.2 Å². The number of carbonyl (C=O) groups excluding carboxylic acids is 3. The fourth-order valence-corrected chi connectivity index (χ4v) is 5.75. The maximum atomic E-state index is 13.1. The lowest BCUT2D eigenvalue weighted by atomic mass is 9.95. The van der Waals surface area contributed by atoms with E-state index in [1.807, 2.05) is 19.9 Å². The highest BCUT2D eigenvalue weighted by atomic mass is 31.2. The van der Waals surface area contributed by atoms with Crippen molar-refractivity contribution >= 4 is 36.9 Å². The first kappa shape index (κ1) is 36.9. The zero-order valence-corrected chi connectivity index (χ0v) is 28.1. The van der Waals surface area contributed by atoms with E-state index in [-0.39, 0.29) is 12.5 Å². The standard InChI is InChI=1S/C30H44N5O10P/c1-8-20(9-2)14-41-29(38)19(7)34-46(39,40)42-16-30(15-31)26(44-28(37)18(5)6)25(43-27(36)17(3)4)24(45-30)23-11-10-22-21(32)12-13-33-35(22)23/h10-13,17-20,24-26H,8-9,14,16,32H2,1-7H3,(H2,34,39,40)/t19-,24-,25-,26-,30+/m0/s1. The third kappa shape index (κ3) is 8.43. The first-order valence-electron chi connectivity index (χ1n) is 15.2. The largest absolute Gasteiger partial charge is 0.464 e. The number of nitrogens with two attached hydrogens (primary N) is 1. The lowest BCUT2D eigenvalue weighted by Gasteiger charge is -2.30. The summed E-state index contributed by atoms with van der Waals surface area (Å²) in [7, 11) is -4.80. The van der Waals surface area contributed by atoms with E-state index in [1.165, 1.54) is 17.6 Å². The molecule has 3 rings (SSSR count). The minimum Gasteiger partial charge on any atom is -0.464 e. The molecular formula is C30H44N5O10P. The summed E-state index contributed by atoms with van der Waals surface area (Å²) in [6.45, 7) is 10.8. The number of ether oxygens (including phenoxy) is 4. The average molecular weight is 666 g/mol. The number of nitriles is 1. The molecule has 0 saturated carbocycles. The Balaban J connectivity index is 1.98. The van der Waals surface area contributed by atoms with Crippen molar-refractivity contribution in [1.82, 2.24) is 14.7 Å². The van der Waals surface area contributed by atoms with Crippen LogP contribution in [-0.4, -0.2) is 69.5 Å². The van der Waals surface area contributed by atoms with Crippen LogP contribution in [0.2, 0.25) is 0 Å². The van der Waals surface area contributed by atoms with Gasteiger partial charge >= 0.3 is 25.7 Å². The Bertz CT molecular complexity index is 1490. The molecule has 4 N–H and O–H groups in total. The number of fused-ring (bicyclic) bond motifs is 1. The number of nitrogen functional groups attached to an aromatic ring is 1. The van der Waals surface area contributed by atoms with Crippen LogP contribution in [0.1, 0.15) is 73.1 Å². The van der Waals surface area contributed by atoms with Gasteiger partial charge in [0.1, 0.15) is 24.8 Å². The summed E-state index contributed by atoms with van der Waals surface area (Å²) < 4.78 is 42.9. The van der Waals surface area contributed by atoms with Crippen LogP contribution in [0, 0.1) is 29.1 Å². The van der Waals surface area contributed by atoms with E-state index in [0.29, 0.717) is 16.9 Å². The van der Waals surface area contributed by atoms with E-state index in [1.54, 1.807) is 45.9 Å². The summed E-state index contributed by atoms with van der Waals surface area (Å²) in [6, 6.07) is 5.51. The van der Waals surface area contributed by atoms with Gasteiger partial charge in [-0.2, -0.15) is 10.4 Å². The molecule has 1 aliphatic heterocycles. The lowest BCUT2D eigenvalue weighted by molar-refractivity contribution is -0.173. The number of aromatic nitrogens is 2. The molecular weight excluding hydrogens is 621 g/mol. The number of anilines is 1. The highest BCUT2D eigenvalue weighted by Gasteiger charge is 2.62. The Morgan fingerprint density at radius 3 is 2.33 bits per heavy atom. The molecule has 0 bridgehead atoms. The molecule has 15 nitrogen and oxygen atoms in total. The van der Waals surface area contributed by atoms with Crippen LogP contribution < -0.4 is 10.8 Å². The number of carbonyl (C=O) groups is 3. The van der Waals surface area contributed by atoms with Gasteiger partial charge < -0.3 is 29.6 Å². The summed E-state index contributed by atoms with van der Waals surface area (Å²) in [6.07, 6.45) is -1.26. The molecule has 254 valence electrons. The summed E-state index contributed by atoms with van der Waals surface area (Å²) in [5.41, 5.74) is 5.01. The first-order chi connectivity index (χ1) is 21.6. The predicted octanol–water partition coefficient (Wildman–Crippen LogP) is 3.46. The molecule has 0 amide bonds. The van der Waals surface area contributed by atoms with E-state index in [9.17, 15) is 29.1 Å². The lowest BCUT2D eigenvalue weighted by Crippen LogP contribution is -2.50. The molecule has 3 heterocycles. The second kappa shape index (κ2) is 15.4. The maximum Gasteiger partial charge on any atom is 0.403 e. The molecule has 1 fully saturated rings. The number of hydrogen-bond donors (Lipinski definition) is 3. The summed E-state index contributed by atoms with van der Waals surface area (Å²) >= 11 is 0. The second-order valence-electron chi connectivity index (χ2n) is 11.9. The topological polar surface area (TPSA) is 214 Å². The van der Waals surface area contributed by atoms with Crippen molar-refractivity contribution in [1.29, 1.82) is 5.26 Å². The molecule has 0 radical (unpaired) electrons. The van der Waals surface area contributed by atoms with Crippen molar-refractivity contribution in [3.63, 3.8) is 0 Å². The van der Waals surface area contributed by atoms with E-state index >= 15 is 0 Å². The zero-order valence-electron chi connectivity index (χ0n) is 27.2. The van der Waals surface area contributed by atoms with Crippen molar-refractivity contribution < 1.29 is 47.3 Å². The average Bonchev–Trinajstić information content (AvgIpc) is 3.56. The van der Waals surface area contributed by atoms with Crippen molar-refractivity contribution in [3.8, 4) is 6.07 Å². The molecule has 1 aliphatic rings. The van der Waals surface area contributed by atoms with Gasteiger partial charge in [0.2, 0.25) is 5.60 Å². The number of rotatable bonds is 15. The van der Waals surface area contributed by atoms with Crippen LogP contribution in [0.4, 0.5) is 5.69 Å². The molecule has 0 spiro atoms. The van der Waals surface area contributed by atoms with E-state index in [2.05, 4.69) is 10.2 Å². The van der Waals surface area contributed by atoms with Crippen molar-refractivity contribution in [2.24, 2.45) is 17.8 Å². The fraction of sp³-hybridized carbons (Fsp3) is 0.633. The van der Waals surface area contributed by atoms with Crippen LogP contribution in [0.25, 0.3) is 5.52 Å². The normalized spacial score (nSPS) is 23.3. The molecule has 0 aromatic carbocycles. The molecule has 0 aliphatic carbocycles. The minimum atomic E-state index is -4.80. The molecule has 2 aromatic rings. The molecule has 16 heteroatoms. The maximum absolute atomic E-state index is 13.1. The summed E-state index contributed by atoms with van der Waals surface area (Å²) in [5.74, 6) is -3.33. The van der Waals surface area contributed by atoms with Crippen LogP contribution in [0.5, 0.6) is 0 Å². The van der Waals surface area contributed by atoms with Crippen LogP contribution in [-0.2, 0) is 42.4 Å². The van der Waals surface area contributed by atoms with Gasteiger partial charge in [0.25, 0.3) is 0 Å². The van der Waals surface area contributed by atoms with Crippen LogP contribution >= 0.6 is 7.75 Å². The van der Waals surface area contributed by atoms with Crippen LogP contribution in [0.15, 0.2) is 24.4 Å². The highest BCUT2D eigenvalue weighted by Crippen LogP contribution is 2.47. The fourth-order valence-electron chi connectivity index (χ4n) is 4.71.